The molecule has 43 heavy (non-hydrogen) atoms. The van der Waals surface area contributed by atoms with Crippen molar-refractivity contribution in [1.82, 2.24) is 9.80 Å². The van der Waals surface area contributed by atoms with Crippen molar-refractivity contribution in [3.8, 4) is 23.0 Å². The second-order valence-corrected chi connectivity index (χ2v) is 10.8. The van der Waals surface area contributed by atoms with Gasteiger partial charge in [-0.05, 0) is 63.0 Å². The van der Waals surface area contributed by atoms with Gasteiger partial charge < -0.3 is 23.7 Å². The molecular weight excluding hydrogens is 582 g/mol. The van der Waals surface area contributed by atoms with Gasteiger partial charge in [-0.1, -0.05) is 12.1 Å². The molecular formula is C30H38F6N2O5. The molecule has 2 unspecified atom stereocenters. The summed E-state index contributed by atoms with van der Waals surface area (Å²) in [5.41, 5.74) is 0. The van der Waals surface area contributed by atoms with Crippen LogP contribution in [0.2, 0.25) is 0 Å². The van der Waals surface area contributed by atoms with E-state index in [1.165, 1.54) is 24.0 Å². The van der Waals surface area contributed by atoms with Crippen LogP contribution in [0, 0.1) is 0 Å². The van der Waals surface area contributed by atoms with Crippen LogP contribution in [0.5, 0.6) is 23.0 Å². The highest BCUT2D eigenvalue weighted by Crippen LogP contribution is 2.33. The van der Waals surface area contributed by atoms with Crippen LogP contribution in [0.25, 0.3) is 0 Å². The minimum absolute atomic E-state index is 0.124. The van der Waals surface area contributed by atoms with Crippen LogP contribution in [0.4, 0.5) is 26.3 Å². The summed E-state index contributed by atoms with van der Waals surface area (Å²) >= 11 is 0. The summed E-state index contributed by atoms with van der Waals surface area (Å²) in [6, 6.07) is 13.7. The maximum absolute atomic E-state index is 14.1. The molecule has 0 bridgehead atoms. The third-order valence-corrected chi connectivity index (χ3v) is 7.52. The second-order valence-electron chi connectivity index (χ2n) is 10.8. The first-order valence-corrected chi connectivity index (χ1v) is 14.3. The van der Waals surface area contributed by atoms with E-state index in [2.05, 4.69) is 0 Å². The smallest absolute Gasteiger partial charge is 0.415 e. The zero-order valence-electron chi connectivity index (χ0n) is 24.2. The number of rotatable bonds is 12. The molecule has 2 aliphatic heterocycles. The fourth-order valence-corrected chi connectivity index (χ4v) is 5.40. The van der Waals surface area contributed by atoms with Crippen molar-refractivity contribution >= 4 is 0 Å². The zero-order chi connectivity index (χ0) is 31.0. The predicted molar refractivity (Wildman–Crippen MR) is 147 cm³/mol. The third-order valence-electron chi connectivity index (χ3n) is 7.52. The fraction of sp³-hybridized carbons (Fsp3) is 0.600. The van der Waals surface area contributed by atoms with E-state index in [0.717, 1.165) is 0 Å². The summed E-state index contributed by atoms with van der Waals surface area (Å²) in [5.74, 6) is 2.14. The monoisotopic (exact) mass is 620 g/mol. The lowest BCUT2D eigenvalue weighted by atomic mass is 10.1. The molecule has 2 aromatic carbocycles. The molecule has 2 fully saturated rings. The number of halogens is 6. The van der Waals surface area contributed by atoms with Crippen LogP contribution in [0.3, 0.4) is 0 Å². The van der Waals surface area contributed by atoms with Gasteiger partial charge in [0, 0.05) is 38.3 Å². The second kappa shape index (κ2) is 14.7. The molecule has 4 rings (SSSR count). The Kier molecular flexibility index (Phi) is 11.3. The largest absolute Gasteiger partial charge is 0.497 e. The number of hydrogen-bond donors (Lipinski definition) is 0. The Balaban J connectivity index is 1.38. The molecule has 0 radical (unpaired) electrons. The molecule has 2 heterocycles. The number of hydrogen-bond acceptors (Lipinski definition) is 7. The molecule has 2 saturated heterocycles. The van der Waals surface area contributed by atoms with Gasteiger partial charge >= 0.3 is 12.4 Å². The van der Waals surface area contributed by atoms with Crippen molar-refractivity contribution in [2.24, 2.45) is 0 Å². The lowest BCUT2D eigenvalue weighted by Crippen LogP contribution is -2.54. The molecule has 0 aliphatic carbocycles. The highest BCUT2D eigenvalue weighted by atomic mass is 19.4. The Morgan fingerprint density at radius 3 is 1.44 bits per heavy atom. The zero-order valence-corrected chi connectivity index (χ0v) is 24.2. The predicted octanol–water partition coefficient (Wildman–Crippen LogP) is 5.97. The topological polar surface area (TPSA) is 52.6 Å². The number of likely N-dealkylation sites (tertiary alicyclic amines) is 2. The molecule has 2 aromatic rings. The molecule has 7 nitrogen and oxygen atoms in total. The van der Waals surface area contributed by atoms with Crippen molar-refractivity contribution in [1.29, 1.82) is 0 Å². The molecule has 240 valence electrons. The molecule has 2 aliphatic rings. The van der Waals surface area contributed by atoms with E-state index in [4.69, 9.17) is 23.7 Å². The van der Waals surface area contributed by atoms with Gasteiger partial charge in [0.2, 0.25) is 0 Å². The van der Waals surface area contributed by atoms with Crippen molar-refractivity contribution in [2.75, 3.05) is 53.5 Å². The minimum Gasteiger partial charge on any atom is -0.497 e. The van der Waals surface area contributed by atoms with Gasteiger partial charge in [0.05, 0.1) is 14.2 Å². The van der Waals surface area contributed by atoms with Crippen LogP contribution in [0.15, 0.2) is 48.5 Å². The molecule has 0 aromatic heterocycles. The lowest BCUT2D eigenvalue weighted by molar-refractivity contribution is -0.291. The number of nitrogens with zero attached hydrogens (tertiary/aromatic N) is 2. The number of alkyl halides is 6. The van der Waals surface area contributed by atoms with Crippen LogP contribution in [-0.4, -0.2) is 100 Å². The van der Waals surface area contributed by atoms with E-state index in [1.807, 2.05) is 0 Å². The van der Waals surface area contributed by atoms with Crippen LogP contribution >= 0.6 is 0 Å². The quantitative estimate of drug-likeness (QED) is 0.271. The molecule has 13 heteroatoms. The Hall–Kier alpha value is -2.90. The first kappa shape index (κ1) is 33.0. The summed E-state index contributed by atoms with van der Waals surface area (Å²) in [7, 11) is 3.01. The fourth-order valence-electron chi connectivity index (χ4n) is 5.40. The highest BCUT2D eigenvalue weighted by Gasteiger charge is 2.50. The van der Waals surface area contributed by atoms with E-state index in [-0.39, 0.29) is 13.1 Å². The molecule has 0 amide bonds. The molecule has 4 atom stereocenters. The summed E-state index contributed by atoms with van der Waals surface area (Å²) < 4.78 is 112. The Morgan fingerprint density at radius 1 is 0.674 bits per heavy atom. The van der Waals surface area contributed by atoms with E-state index < -0.39 is 49.9 Å². The minimum atomic E-state index is -5.00. The molecule has 0 N–H and O–H groups in total. The SMILES string of the molecule is COc1cccc(OC2CCCN(C[C@H](O[C@@H](CN3CCCC(Oc4cccc(OC)c4)C3)C(F)(F)F)C(F)(F)F)C2)c1. The van der Waals surface area contributed by atoms with Crippen LogP contribution in [0.1, 0.15) is 25.7 Å². The average Bonchev–Trinajstić information content (AvgIpc) is 2.96. The number of piperidine rings is 2. The highest BCUT2D eigenvalue weighted by molar-refractivity contribution is 5.33. The third kappa shape index (κ3) is 10.1. The number of ether oxygens (including phenoxy) is 5. The van der Waals surface area contributed by atoms with Crippen molar-refractivity contribution in [2.45, 2.75) is 62.5 Å². The first-order valence-electron chi connectivity index (χ1n) is 14.3. The van der Waals surface area contributed by atoms with Crippen molar-refractivity contribution in [3.63, 3.8) is 0 Å². The Morgan fingerprint density at radius 2 is 1.07 bits per heavy atom. The van der Waals surface area contributed by atoms with E-state index >= 15 is 0 Å². The Labute approximate surface area is 247 Å². The van der Waals surface area contributed by atoms with Crippen molar-refractivity contribution < 1.29 is 50.0 Å². The maximum Gasteiger partial charge on any atom is 0.415 e. The Bertz CT molecular complexity index is 1060. The molecule has 0 saturated carbocycles. The number of methoxy groups -OCH3 is 2. The van der Waals surface area contributed by atoms with Gasteiger partial charge in [-0.25, -0.2) is 0 Å². The van der Waals surface area contributed by atoms with Gasteiger partial charge in [0.25, 0.3) is 0 Å². The summed E-state index contributed by atoms with van der Waals surface area (Å²) in [5, 5.41) is 0. The van der Waals surface area contributed by atoms with Crippen molar-refractivity contribution in [3.05, 3.63) is 48.5 Å². The summed E-state index contributed by atoms with van der Waals surface area (Å²) in [6.45, 7) is -0.621. The van der Waals surface area contributed by atoms with Gasteiger partial charge in [-0.15, -0.1) is 0 Å². The van der Waals surface area contributed by atoms with Crippen LogP contribution in [-0.2, 0) is 4.74 Å². The van der Waals surface area contributed by atoms with Crippen LogP contribution < -0.4 is 18.9 Å². The standard InChI is InChI=1S/C30H38F6N2O5/c1-39-21-7-3-9-23(15-21)41-25-11-5-13-37(17-25)19-27(29(31,32)33)43-28(30(34,35)36)20-38-14-6-12-26(18-38)42-24-10-4-8-22(16-24)40-2/h3-4,7-10,15-16,25-28H,5-6,11-14,17-20H2,1-2H3/t25?,26?,27-,28-/m0/s1. The first-order chi connectivity index (χ1) is 20.4. The van der Waals surface area contributed by atoms with E-state index in [1.54, 1.807) is 48.5 Å². The van der Waals surface area contributed by atoms with Gasteiger partial charge in [0.1, 0.15) is 35.2 Å². The van der Waals surface area contributed by atoms with Gasteiger partial charge in [-0.3, -0.25) is 9.80 Å². The summed E-state index contributed by atoms with van der Waals surface area (Å²) in [6.07, 6.45) is -13.8. The normalized spacial score (nSPS) is 22.0. The summed E-state index contributed by atoms with van der Waals surface area (Å²) in [4.78, 5) is 2.91. The lowest BCUT2D eigenvalue weighted by Gasteiger charge is -2.38. The average molecular weight is 621 g/mol. The molecule has 0 spiro atoms. The van der Waals surface area contributed by atoms with Gasteiger partial charge in [-0.2, -0.15) is 26.3 Å². The van der Waals surface area contributed by atoms with E-state index in [0.29, 0.717) is 61.8 Å². The number of benzene rings is 2. The maximum atomic E-state index is 14.1. The van der Waals surface area contributed by atoms with E-state index in [9.17, 15) is 26.3 Å². The van der Waals surface area contributed by atoms with Gasteiger partial charge in [0.15, 0.2) is 12.2 Å².